The van der Waals surface area contributed by atoms with Crippen molar-refractivity contribution in [2.24, 2.45) is 0 Å². The van der Waals surface area contributed by atoms with Gasteiger partial charge in [0.25, 0.3) is 5.91 Å². The van der Waals surface area contributed by atoms with Crippen LogP contribution in [0.3, 0.4) is 0 Å². The molecule has 1 aromatic heterocycles. The number of carbonyl (C=O) groups is 2. The molecule has 2 aliphatic rings. The van der Waals surface area contributed by atoms with Crippen molar-refractivity contribution in [3.63, 3.8) is 0 Å². The van der Waals surface area contributed by atoms with Crippen LogP contribution in [-0.4, -0.2) is 24.0 Å². The highest BCUT2D eigenvalue weighted by Crippen LogP contribution is 2.48. The average molecular weight is 420 g/mol. The molecule has 6 heteroatoms. The zero-order valence-electron chi connectivity index (χ0n) is 19.0. The van der Waals surface area contributed by atoms with Crippen LogP contribution in [0.4, 0.5) is 4.79 Å². The molecule has 4 rings (SSSR count). The summed E-state index contributed by atoms with van der Waals surface area (Å²) in [5.74, 6) is 0.0781. The summed E-state index contributed by atoms with van der Waals surface area (Å²) in [6, 6.07) is 6.02. The van der Waals surface area contributed by atoms with Gasteiger partial charge in [-0.1, -0.05) is 33.8 Å². The van der Waals surface area contributed by atoms with Gasteiger partial charge in [0, 0.05) is 11.8 Å². The molecule has 2 heterocycles. The van der Waals surface area contributed by atoms with Gasteiger partial charge in [-0.3, -0.25) is 10.1 Å². The zero-order chi connectivity index (χ0) is 22.6. The van der Waals surface area contributed by atoms with Gasteiger partial charge < -0.3 is 10.1 Å². The Morgan fingerprint density at radius 3 is 2.19 bits per heavy atom. The summed E-state index contributed by atoms with van der Waals surface area (Å²) in [7, 11) is 1.61. The van der Waals surface area contributed by atoms with Crippen molar-refractivity contribution in [1.82, 2.24) is 15.6 Å². The first-order chi connectivity index (χ1) is 14.5. The molecule has 1 aliphatic heterocycles. The van der Waals surface area contributed by atoms with E-state index in [1.165, 1.54) is 11.1 Å². The first-order valence-corrected chi connectivity index (χ1v) is 10.6. The molecule has 0 spiro atoms. The van der Waals surface area contributed by atoms with Gasteiger partial charge >= 0.3 is 6.03 Å². The zero-order valence-corrected chi connectivity index (χ0v) is 19.0. The second-order valence-electron chi connectivity index (χ2n) is 9.77. The Kier molecular flexibility index (Phi) is 4.91. The monoisotopic (exact) mass is 419 g/mol. The van der Waals surface area contributed by atoms with Gasteiger partial charge in [0.15, 0.2) is 0 Å². The molecule has 3 amide bonds. The fourth-order valence-corrected chi connectivity index (χ4v) is 4.56. The maximum Gasteiger partial charge on any atom is 0.326 e. The predicted molar refractivity (Wildman–Crippen MR) is 121 cm³/mol. The van der Waals surface area contributed by atoms with E-state index in [4.69, 9.17) is 4.74 Å². The molecule has 2 N–H and O–H groups in total. The Bertz CT molecular complexity index is 1130. The van der Waals surface area contributed by atoms with E-state index in [-0.39, 0.29) is 16.5 Å². The lowest BCUT2D eigenvalue weighted by Gasteiger charge is -2.42. The number of fused-ring (bicyclic) bond motifs is 1. The number of carbonyl (C=O) groups excluding carboxylic acids is 2. The van der Waals surface area contributed by atoms with Crippen molar-refractivity contribution in [2.75, 3.05) is 7.11 Å². The van der Waals surface area contributed by atoms with E-state index in [2.05, 4.69) is 62.4 Å². The molecule has 1 fully saturated rings. The Morgan fingerprint density at radius 2 is 1.61 bits per heavy atom. The maximum absolute atomic E-state index is 11.9. The van der Waals surface area contributed by atoms with Crippen LogP contribution in [0.2, 0.25) is 0 Å². The Hall–Kier alpha value is -3.15. The summed E-state index contributed by atoms with van der Waals surface area (Å²) in [5, 5.41) is 4.73. The lowest BCUT2D eigenvalue weighted by molar-refractivity contribution is -0.115. The summed E-state index contributed by atoms with van der Waals surface area (Å²) in [6.45, 7) is 11.4. The highest BCUT2D eigenvalue weighted by molar-refractivity contribution is 6.14. The fourth-order valence-electron chi connectivity index (χ4n) is 4.56. The summed E-state index contributed by atoms with van der Waals surface area (Å²) in [4.78, 5) is 27.8. The Labute approximate surface area is 183 Å². The van der Waals surface area contributed by atoms with E-state index >= 15 is 0 Å². The van der Waals surface area contributed by atoms with Crippen LogP contribution in [-0.2, 0) is 15.6 Å². The number of hydrogen-bond acceptors (Lipinski definition) is 4. The second-order valence-corrected chi connectivity index (χ2v) is 9.77. The number of ether oxygens (including phenoxy) is 1. The van der Waals surface area contributed by atoms with Gasteiger partial charge in [0.05, 0.1) is 7.11 Å². The van der Waals surface area contributed by atoms with Crippen LogP contribution in [0.1, 0.15) is 62.8 Å². The summed E-state index contributed by atoms with van der Waals surface area (Å²) >= 11 is 0. The largest absolute Gasteiger partial charge is 0.481 e. The molecule has 0 saturated carbocycles. The van der Waals surface area contributed by atoms with Crippen LogP contribution in [0.25, 0.3) is 17.2 Å². The topological polar surface area (TPSA) is 80.3 Å². The predicted octanol–water partition coefficient (Wildman–Crippen LogP) is 4.59. The number of urea groups is 1. The summed E-state index contributed by atoms with van der Waals surface area (Å²) in [6.07, 6.45) is 5.55. The van der Waals surface area contributed by atoms with Gasteiger partial charge in [-0.15, -0.1) is 0 Å². The minimum Gasteiger partial charge on any atom is -0.481 e. The van der Waals surface area contributed by atoms with Gasteiger partial charge in [-0.2, -0.15) is 0 Å². The third kappa shape index (κ3) is 3.71. The normalized spacial score (nSPS) is 20.3. The van der Waals surface area contributed by atoms with Crippen molar-refractivity contribution in [3.8, 4) is 17.0 Å². The molecule has 1 saturated heterocycles. The minimum atomic E-state index is -0.520. The molecule has 31 heavy (non-hydrogen) atoms. The summed E-state index contributed by atoms with van der Waals surface area (Å²) < 4.78 is 5.57. The number of imide groups is 1. The lowest BCUT2D eigenvalue weighted by Crippen LogP contribution is -2.34. The molecule has 162 valence electrons. The maximum atomic E-state index is 11.9. The molecule has 1 aromatic carbocycles. The first-order valence-electron chi connectivity index (χ1n) is 10.6. The van der Waals surface area contributed by atoms with Gasteiger partial charge in [-0.05, 0) is 76.6 Å². The van der Waals surface area contributed by atoms with Gasteiger partial charge in [0.1, 0.15) is 5.70 Å². The number of aromatic nitrogens is 1. The van der Waals surface area contributed by atoms with Crippen molar-refractivity contribution in [2.45, 2.75) is 58.3 Å². The fraction of sp³-hybridized carbons (Fsp3) is 0.400. The van der Waals surface area contributed by atoms with E-state index in [0.29, 0.717) is 11.4 Å². The Morgan fingerprint density at radius 1 is 0.968 bits per heavy atom. The van der Waals surface area contributed by atoms with Gasteiger partial charge in [-0.25, -0.2) is 9.78 Å². The molecule has 2 aromatic rings. The number of benzene rings is 1. The highest BCUT2D eigenvalue weighted by Gasteiger charge is 2.37. The number of hydrogen-bond donors (Lipinski definition) is 2. The minimum absolute atomic E-state index is 0.0831. The molecule has 0 atom stereocenters. The highest BCUT2D eigenvalue weighted by atomic mass is 16.5. The third-order valence-corrected chi connectivity index (χ3v) is 6.58. The van der Waals surface area contributed by atoms with Crippen molar-refractivity contribution in [1.29, 1.82) is 0 Å². The summed E-state index contributed by atoms with van der Waals surface area (Å²) in [5.41, 5.74) is 6.97. The molecule has 0 bridgehead atoms. The molecule has 0 unspecified atom stereocenters. The first kappa shape index (κ1) is 21.1. The second kappa shape index (κ2) is 7.22. The SMILES string of the molecule is COc1ncc(/C=C2\NC(=O)NC2=O)cc1-c1cc2c(cc1C)C(C)(C)CCC2(C)C. The standard InChI is InChI=1S/C25H29N3O3/c1-14-9-18-19(25(4,5)8-7-24(18,2)3)12-16(14)17-10-15(13-26-22(17)31-6)11-20-21(29)28-23(30)27-20/h9-13H,7-8H2,1-6H3,(H2,27,28,29,30)/b20-11-. The van der Waals surface area contributed by atoms with Crippen molar-refractivity contribution >= 4 is 18.0 Å². The molecule has 1 aliphatic carbocycles. The number of aryl methyl sites for hydroxylation is 1. The van der Waals surface area contributed by atoms with E-state index < -0.39 is 11.9 Å². The van der Waals surface area contributed by atoms with Crippen LogP contribution in [0.15, 0.2) is 30.1 Å². The Balaban J connectivity index is 1.87. The van der Waals surface area contributed by atoms with Crippen LogP contribution in [0.5, 0.6) is 5.88 Å². The third-order valence-electron chi connectivity index (χ3n) is 6.58. The quantitative estimate of drug-likeness (QED) is 0.563. The van der Waals surface area contributed by atoms with Crippen LogP contribution >= 0.6 is 0 Å². The van der Waals surface area contributed by atoms with Crippen LogP contribution < -0.4 is 15.4 Å². The smallest absolute Gasteiger partial charge is 0.326 e. The number of nitrogens with zero attached hydrogens (tertiary/aromatic N) is 1. The van der Waals surface area contributed by atoms with E-state index in [1.54, 1.807) is 19.4 Å². The molecule has 6 nitrogen and oxygen atoms in total. The average Bonchev–Trinajstić information content (AvgIpc) is 3.02. The molecule has 0 radical (unpaired) electrons. The van der Waals surface area contributed by atoms with E-state index in [1.807, 2.05) is 6.07 Å². The number of methoxy groups -OCH3 is 1. The molecular formula is C25H29N3O3. The van der Waals surface area contributed by atoms with E-state index in [0.717, 1.165) is 29.5 Å². The number of rotatable bonds is 3. The lowest BCUT2D eigenvalue weighted by atomic mass is 9.62. The molecular weight excluding hydrogens is 390 g/mol. The van der Waals surface area contributed by atoms with Gasteiger partial charge in [0.2, 0.25) is 5.88 Å². The van der Waals surface area contributed by atoms with Crippen molar-refractivity contribution in [3.05, 3.63) is 52.3 Å². The number of pyridine rings is 1. The van der Waals surface area contributed by atoms with Crippen LogP contribution in [0, 0.1) is 6.92 Å². The number of nitrogens with one attached hydrogen (secondary N) is 2. The van der Waals surface area contributed by atoms with Crippen molar-refractivity contribution < 1.29 is 14.3 Å². The number of amides is 3. The van der Waals surface area contributed by atoms with E-state index in [9.17, 15) is 9.59 Å².